The smallest absolute Gasteiger partial charge is 0.142 e. The third-order valence-corrected chi connectivity index (χ3v) is 4.83. The van der Waals surface area contributed by atoms with Crippen molar-refractivity contribution in [2.45, 2.75) is 33.6 Å². The Balaban J connectivity index is 2.20. The molecule has 0 spiro atoms. The molecule has 0 bridgehead atoms. The van der Waals surface area contributed by atoms with Crippen molar-refractivity contribution in [2.24, 2.45) is 0 Å². The van der Waals surface area contributed by atoms with Crippen LogP contribution in [-0.2, 0) is 0 Å². The number of hydrogen-bond acceptors (Lipinski definition) is 4. The van der Waals surface area contributed by atoms with E-state index in [1.165, 1.54) is 10.9 Å². The molecular formula is C18H20N2OS. The molecule has 0 radical (unpaired) electrons. The second-order valence-corrected chi connectivity index (χ2v) is 6.70. The molecule has 3 nitrogen and oxygen atoms in total. The lowest BCUT2D eigenvalue weighted by molar-refractivity contribution is 0.412. The maximum absolute atomic E-state index is 5.42. The minimum absolute atomic E-state index is 0.438. The Bertz CT molecular complexity index is 836. The summed E-state index contributed by atoms with van der Waals surface area (Å²) in [6.07, 6.45) is 0. The van der Waals surface area contributed by atoms with Gasteiger partial charge in [0.2, 0.25) is 0 Å². The van der Waals surface area contributed by atoms with Crippen LogP contribution in [0.1, 0.15) is 36.6 Å². The average molecular weight is 312 g/mol. The van der Waals surface area contributed by atoms with Crippen molar-refractivity contribution in [3.8, 4) is 16.5 Å². The summed E-state index contributed by atoms with van der Waals surface area (Å²) in [5, 5.41) is 4.28. The van der Waals surface area contributed by atoms with Gasteiger partial charge in [-0.25, -0.2) is 9.97 Å². The number of nitrogens with zero attached hydrogens (tertiary/aromatic N) is 2. The van der Waals surface area contributed by atoms with Gasteiger partial charge in [0.05, 0.1) is 24.0 Å². The van der Waals surface area contributed by atoms with Gasteiger partial charge in [0.15, 0.2) is 0 Å². The minimum atomic E-state index is 0.438. The summed E-state index contributed by atoms with van der Waals surface area (Å²) in [5.41, 5.74) is 5.36. The minimum Gasteiger partial charge on any atom is -0.496 e. The summed E-state index contributed by atoms with van der Waals surface area (Å²) >= 11 is 1.66. The molecule has 0 aliphatic rings. The summed E-state index contributed by atoms with van der Waals surface area (Å²) in [7, 11) is 1.70. The van der Waals surface area contributed by atoms with Crippen molar-refractivity contribution in [1.82, 2.24) is 9.97 Å². The van der Waals surface area contributed by atoms with Crippen molar-refractivity contribution in [3.63, 3.8) is 0 Å². The number of ether oxygens (including phenoxy) is 1. The van der Waals surface area contributed by atoms with Crippen molar-refractivity contribution >= 4 is 22.2 Å². The number of aryl methyl sites for hydroxylation is 2. The van der Waals surface area contributed by atoms with Gasteiger partial charge in [-0.15, -0.1) is 11.3 Å². The number of thiazole rings is 1. The number of hydrogen-bond donors (Lipinski definition) is 0. The Morgan fingerprint density at radius 1 is 1.14 bits per heavy atom. The first kappa shape index (κ1) is 15.0. The molecule has 0 atom stereocenters. The highest BCUT2D eigenvalue weighted by Crippen LogP contribution is 2.32. The first-order valence-electron chi connectivity index (χ1n) is 7.42. The van der Waals surface area contributed by atoms with Crippen LogP contribution in [-0.4, -0.2) is 17.1 Å². The van der Waals surface area contributed by atoms with Crippen molar-refractivity contribution in [3.05, 3.63) is 40.4 Å². The van der Waals surface area contributed by atoms with E-state index in [0.717, 1.165) is 33.2 Å². The number of benzene rings is 1. The summed E-state index contributed by atoms with van der Waals surface area (Å²) in [6.45, 7) is 8.50. The van der Waals surface area contributed by atoms with Gasteiger partial charge < -0.3 is 4.74 Å². The fraction of sp³-hybridized carbons (Fsp3) is 0.333. The van der Waals surface area contributed by atoms with Crippen LogP contribution in [0.3, 0.4) is 0 Å². The molecule has 0 amide bonds. The van der Waals surface area contributed by atoms with E-state index in [4.69, 9.17) is 14.7 Å². The third kappa shape index (κ3) is 2.48. The van der Waals surface area contributed by atoms with E-state index in [9.17, 15) is 0 Å². The van der Waals surface area contributed by atoms with Crippen LogP contribution in [0.2, 0.25) is 0 Å². The van der Waals surface area contributed by atoms with Crippen LogP contribution in [0, 0.1) is 13.8 Å². The SMILES string of the molecule is COc1ccc2c(C)cc(-c3nc(C(C)C)cs3)nc2c1C. The molecule has 0 aliphatic carbocycles. The molecule has 0 aliphatic heterocycles. The molecule has 1 aromatic carbocycles. The second kappa shape index (κ2) is 5.69. The van der Waals surface area contributed by atoms with Gasteiger partial charge >= 0.3 is 0 Å². The van der Waals surface area contributed by atoms with E-state index in [1.807, 2.05) is 6.07 Å². The van der Waals surface area contributed by atoms with Gasteiger partial charge in [-0.2, -0.15) is 0 Å². The Labute approximate surface area is 135 Å². The highest BCUT2D eigenvalue weighted by molar-refractivity contribution is 7.13. The lowest BCUT2D eigenvalue weighted by Gasteiger charge is -2.10. The highest BCUT2D eigenvalue weighted by atomic mass is 32.1. The number of aromatic nitrogens is 2. The zero-order chi connectivity index (χ0) is 15.9. The molecule has 2 heterocycles. The fourth-order valence-corrected chi connectivity index (χ4v) is 3.52. The van der Waals surface area contributed by atoms with E-state index in [0.29, 0.717) is 5.92 Å². The van der Waals surface area contributed by atoms with E-state index in [2.05, 4.69) is 45.2 Å². The molecule has 0 N–H and O–H groups in total. The highest BCUT2D eigenvalue weighted by Gasteiger charge is 2.13. The predicted molar refractivity (Wildman–Crippen MR) is 93.0 cm³/mol. The largest absolute Gasteiger partial charge is 0.496 e. The molecule has 2 aromatic heterocycles. The lowest BCUT2D eigenvalue weighted by Crippen LogP contribution is -1.94. The molecule has 0 saturated carbocycles. The van der Waals surface area contributed by atoms with Gasteiger partial charge in [0.1, 0.15) is 10.8 Å². The Morgan fingerprint density at radius 3 is 2.55 bits per heavy atom. The van der Waals surface area contributed by atoms with Crippen LogP contribution in [0.25, 0.3) is 21.6 Å². The normalized spacial score (nSPS) is 11.4. The average Bonchev–Trinajstić information content (AvgIpc) is 2.98. The number of fused-ring (bicyclic) bond motifs is 1. The Kier molecular flexibility index (Phi) is 3.87. The van der Waals surface area contributed by atoms with E-state index in [1.54, 1.807) is 18.4 Å². The monoisotopic (exact) mass is 312 g/mol. The fourth-order valence-electron chi connectivity index (χ4n) is 2.58. The van der Waals surface area contributed by atoms with Crippen LogP contribution >= 0.6 is 11.3 Å². The van der Waals surface area contributed by atoms with Crippen LogP contribution < -0.4 is 4.74 Å². The molecule has 0 unspecified atom stereocenters. The lowest BCUT2D eigenvalue weighted by atomic mass is 10.0. The van der Waals surface area contributed by atoms with Gasteiger partial charge in [-0.3, -0.25) is 0 Å². The number of rotatable bonds is 3. The van der Waals surface area contributed by atoms with Crippen LogP contribution in [0.4, 0.5) is 0 Å². The first-order chi connectivity index (χ1) is 10.5. The second-order valence-electron chi connectivity index (χ2n) is 5.85. The van der Waals surface area contributed by atoms with Gasteiger partial charge in [-0.05, 0) is 43.5 Å². The van der Waals surface area contributed by atoms with Crippen molar-refractivity contribution in [1.29, 1.82) is 0 Å². The molecule has 0 saturated heterocycles. The molecule has 3 rings (SSSR count). The van der Waals surface area contributed by atoms with Crippen molar-refractivity contribution in [2.75, 3.05) is 7.11 Å². The summed E-state index contributed by atoms with van der Waals surface area (Å²) in [6, 6.07) is 6.21. The molecule has 114 valence electrons. The predicted octanol–water partition coefficient (Wildman–Crippen LogP) is 5.11. The van der Waals surface area contributed by atoms with E-state index in [-0.39, 0.29) is 0 Å². The van der Waals surface area contributed by atoms with Crippen LogP contribution in [0.15, 0.2) is 23.6 Å². The van der Waals surface area contributed by atoms with Gasteiger partial charge in [0.25, 0.3) is 0 Å². The Morgan fingerprint density at radius 2 is 1.91 bits per heavy atom. The number of pyridine rings is 1. The van der Waals surface area contributed by atoms with E-state index < -0.39 is 0 Å². The maximum atomic E-state index is 5.42. The third-order valence-electron chi connectivity index (χ3n) is 3.94. The summed E-state index contributed by atoms with van der Waals surface area (Å²) in [4.78, 5) is 9.58. The molecule has 0 fully saturated rings. The Hall–Kier alpha value is -1.94. The molecule has 3 aromatic rings. The first-order valence-corrected chi connectivity index (χ1v) is 8.30. The van der Waals surface area contributed by atoms with E-state index >= 15 is 0 Å². The van der Waals surface area contributed by atoms with Crippen LogP contribution in [0.5, 0.6) is 5.75 Å². The molecule has 4 heteroatoms. The quantitative estimate of drug-likeness (QED) is 0.674. The van der Waals surface area contributed by atoms with Crippen molar-refractivity contribution < 1.29 is 4.74 Å². The maximum Gasteiger partial charge on any atom is 0.142 e. The number of methoxy groups -OCH3 is 1. The van der Waals surface area contributed by atoms with Gasteiger partial charge in [-0.1, -0.05) is 13.8 Å². The zero-order valence-electron chi connectivity index (χ0n) is 13.6. The topological polar surface area (TPSA) is 35.0 Å². The summed E-state index contributed by atoms with van der Waals surface area (Å²) < 4.78 is 5.42. The molecule has 22 heavy (non-hydrogen) atoms. The standard InChI is InChI=1S/C18H20N2OS/c1-10(2)15-9-22-18(20-15)14-8-11(3)13-6-7-16(21-5)12(4)17(13)19-14/h6-10H,1-5H3. The zero-order valence-corrected chi connectivity index (χ0v) is 14.4. The van der Waals surface area contributed by atoms with Gasteiger partial charge in [0, 0.05) is 16.3 Å². The summed E-state index contributed by atoms with van der Waals surface area (Å²) in [5.74, 6) is 1.31. The molecular weight excluding hydrogens is 292 g/mol.